The Morgan fingerprint density at radius 1 is 1.35 bits per heavy atom. The number of methoxy groups -OCH3 is 1. The molecule has 1 saturated heterocycles. The van der Waals surface area contributed by atoms with Crippen molar-refractivity contribution in [2.24, 2.45) is 0 Å². The van der Waals surface area contributed by atoms with Crippen molar-refractivity contribution in [1.29, 1.82) is 5.26 Å². The van der Waals surface area contributed by atoms with E-state index in [1.54, 1.807) is 13.2 Å². The standard InChI is InChI=1S/C25H29N7O5/c1-36-9-6-27-19-11-22(28-14-18(19)12-26)31-25(35)32-7-2-4-16-10-17(20(15-33)30-23(16)32)13-29-24(34)21-5-3-8-37-21/h10-11,14-15,21H,2-9,13H2,1H3,(H,29,34)(H2,27,28,31,35)/t21-/m1/s1. The molecule has 2 aromatic rings. The SMILES string of the molecule is COCCNc1cc(NC(=O)N2CCCc3cc(CNC(=O)[C@H]4CCCO4)c(C=O)nc32)ncc1C#N. The van der Waals surface area contributed by atoms with Gasteiger partial charge in [-0.1, -0.05) is 0 Å². The number of aryl methyl sites for hydroxylation is 1. The molecule has 0 spiro atoms. The highest BCUT2D eigenvalue weighted by molar-refractivity contribution is 6.01. The van der Waals surface area contributed by atoms with Crippen LogP contribution in [0.2, 0.25) is 0 Å². The number of aldehydes is 1. The Morgan fingerprint density at radius 2 is 2.22 bits per heavy atom. The minimum Gasteiger partial charge on any atom is -0.383 e. The lowest BCUT2D eigenvalue weighted by molar-refractivity contribution is -0.130. The van der Waals surface area contributed by atoms with Crippen molar-refractivity contribution in [3.8, 4) is 6.07 Å². The van der Waals surface area contributed by atoms with Gasteiger partial charge in [0.05, 0.1) is 17.9 Å². The fourth-order valence-corrected chi connectivity index (χ4v) is 4.30. The van der Waals surface area contributed by atoms with Crippen LogP contribution in [0.4, 0.5) is 22.1 Å². The Morgan fingerprint density at radius 3 is 2.95 bits per heavy atom. The molecular weight excluding hydrogens is 478 g/mol. The van der Waals surface area contributed by atoms with Crippen LogP contribution in [0.5, 0.6) is 0 Å². The number of carbonyl (C=O) groups excluding carboxylic acids is 3. The number of aromatic nitrogens is 2. The number of hydrogen-bond donors (Lipinski definition) is 3. The average molecular weight is 508 g/mol. The summed E-state index contributed by atoms with van der Waals surface area (Å²) in [6, 6.07) is 5.01. The van der Waals surface area contributed by atoms with Crippen LogP contribution < -0.4 is 20.9 Å². The highest BCUT2D eigenvalue weighted by Crippen LogP contribution is 2.28. The van der Waals surface area contributed by atoms with Gasteiger partial charge in [-0.15, -0.1) is 0 Å². The zero-order valence-electron chi connectivity index (χ0n) is 20.6. The summed E-state index contributed by atoms with van der Waals surface area (Å²) >= 11 is 0. The first-order chi connectivity index (χ1) is 18.0. The quantitative estimate of drug-likeness (QED) is 0.341. The van der Waals surface area contributed by atoms with Crippen LogP contribution in [0, 0.1) is 11.3 Å². The molecule has 4 rings (SSSR count). The average Bonchev–Trinajstić information content (AvgIpc) is 3.46. The van der Waals surface area contributed by atoms with Crippen molar-refractivity contribution < 1.29 is 23.9 Å². The van der Waals surface area contributed by atoms with Crippen LogP contribution in [0.3, 0.4) is 0 Å². The first-order valence-electron chi connectivity index (χ1n) is 12.1. The molecule has 1 fully saturated rings. The molecule has 0 saturated carbocycles. The van der Waals surface area contributed by atoms with Crippen molar-refractivity contribution in [1.82, 2.24) is 15.3 Å². The molecule has 3 amide bonds. The molecule has 0 aliphatic carbocycles. The van der Waals surface area contributed by atoms with E-state index in [1.807, 2.05) is 6.07 Å². The van der Waals surface area contributed by atoms with Crippen molar-refractivity contribution in [3.63, 3.8) is 0 Å². The number of carbonyl (C=O) groups is 3. The number of hydrogen-bond acceptors (Lipinski definition) is 9. The number of nitriles is 1. The number of amides is 3. The summed E-state index contributed by atoms with van der Waals surface area (Å²) in [4.78, 5) is 47.4. The van der Waals surface area contributed by atoms with E-state index >= 15 is 0 Å². The Bertz CT molecular complexity index is 1210. The van der Waals surface area contributed by atoms with Crippen molar-refractivity contribution in [3.05, 3.63) is 40.7 Å². The maximum Gasteiger partial charge on any atom is 0.328 e. The summed E-state index contributed by atoms with van der Waals surface area (Å²) in [5.41, 5.74) is 2.42. The minimum atomic E-state index is -0.462. The molecule has 194 valence electrons. The van der Waals surface area contributed by atoms with Crippen LogP contribution in [0.1, 0.15) is 46.4 Å². The summed E-state index contributed by atoms with van der Waals surface area (Å²) < 4.78 is 10.4. The smallest absolute Gasteiger partial charge is 0.328 e. The zero-order chi connectivity index (χ0) is 26.2. The summed E-state index contributed by atoms with van der Waals surface area (Å²) in [7, 11) is 1.58. The van der Waals surface area contributed by atoms with Gasteiger partial charge in [-0.05, 0) is 37.3 Å². The molecule has 2 aliphatic heterocycles. The molecule has 0 aromatic carbocycles. The first-order valence-corrected chi connectivity index (χ1v) is 12.1. The van der Waals surface area contributed by atoms with Crippen molar-refractivity contribution in [2.45, 2.75) is 38.3 Å². The van der Waals surface area contributed by atoms with Crippen molar-refractivity contribution in [2.75, 3.05) is 48.9 Å². The van der Waals surface area contributed by atoms with Crippen LogP contribution >= 0.6 is 0 Å². The molecule has 12 nitrogen and oxygen atoms in total. The lowest BCUT2D eigenvalue weighted by atomic mass is 10.0. The van der Waals surface area contributed by atoms with Crippen LogP contribution in [0.25, 0.3) is 0 Å². The Balaban J connectivity index is 1.49. The topological polar surface area (TPSA) is 159 Å². The maximum atomic E-state index is 13.2. The van der Waals surface area contributed by atoms with Gasteiger partial charge in [-0.3, -0.25) is 19.8 Å². The third-order valence-electron chi connectivity index (χ3n) is 6.19. The molecular formula is C25H29N7O5. The van der Waals surface area contributed by atoms with Gasteiger partial charge in [-0.2, -0.15) is 5.26 Å². The van der Waals surface area contributed by atoms with Gasteiger partial charge in [0.1, 0.15) is 29.5 Å². The molecule has 37 heavy (non-hydrogen) atoms. The number of fused-ring (bicyclic) bond motifs is 1. The number of anilines is 3. The van der Waals surface area contributed by atoms with Gasteiger partial charge in [-0.25, -0.2) is 14.8 Å². The molecule has 0 bridgehead atoms. The Hall–Kier alpha value is -4.08. The lowest BCUT2D eigenvalue weighted by Gasteiger charge is -2.29. The number of pyridine rings is 2. The van der Waals surface area contributed by atoms with Gasteiger partial charge < -0.3 is 20.1 Å². The molecule has 0 unspecified atom stereocenters. The maximum absolute atomic E-state index is 13.2. The fraction of sp³-hybridized carbons (Fsp3) is 0.440. The van der Waals surface area contributed by atoms with E-state index < -0.39 is 12.1 Å². The largest absolute Gasteiger partial charge is 0.383 e. The summed E-state index contributed by atoms with van der Waals surface area (Å²) in [6.07, 6.45) is 4.45. The van der Waals surface area contributed by atoms with Crippen LogP contribution in [-0.4, -0.2) is 67.7 Å². The summed E-state index contributed by atoms with van der Waals surface area (Å²) in [5, 5.41) is 18.0. The summed E-state index contributed by atoms with van der Waals surface area (Å²) in [6.45, 7) is 2.06. The fourth-order valence-electron chi connectivity index (χ4n) is 4.30. The molecule has 2 aromatic heterocycles. The molecule has 12 heteroatoms. The number of nitrogens with one attached hydrogen (secondary N) is 3. The highest BCUT2D eigenvalue weighted by atomic mass is 16.5. The van der Waals surface area contributed by atoms with Crippen molar-refractivity contribution >= 4 is 35.5 Å². The second-order valence-electron chi connectivity index (χ2n) is 8.68. The predicted molar refractivity (Wildman–Crippen MR) is 134 cm³/mol. The highest BCUT2D eigenvalue weighted by Gasteiger charge is 2.27. The van der Waals surface area contributed by atoms with E-state index in [2.05, 4.69) is 32.0 Å². The molecule has 0 radical (unpaired) electrons. The van der Waals surface area contributed by atoms with Gasteiger partial charge in [0.15, 0.2) is 6.29 Å². The molecule has 1 atom stereocenters. The van der Waals surface area contributed by atoms with E-state index in [9.17, 15) is 19.6 Å². The Kier molecular flexibility index (Phi) is 8.60. The van der Waals surface area contributed by atoms with Gasteiger partial charge >= 0.3 is 6.03 Å². The number of urea groups is 1. The van der Waals surface area contributed by atoms with Crippen LogP contribution in [-0.2, 0) is 27.2 Å². The first kappa shape index (κ1) is 26.0. The van der Waals surface area contributed by atoms with Crippen LogP contribution in [0.15, 0.2) is 18.3 Å². The zero-order valence-corrected chi connectivity index (χ0v) is 20.6. The number of nitrogens with zero attached hydrogens (tertiary/aromatic N) is 4. The predicted octanol–water partition coefficient (Wildman–Crippen LogP) is 2.00. The summed E-state index contributed by atoms with van der Waals surface area (Å²) in [5.74, 6) is 0.450. The van der Waals surface area contributed by atoms with E-state index in [1.165, 1.54) is 11.1 Å². The van der Waals surface area contributed by atoms with Gasteiger partial charge in [0, 0.05) is 51.2 Å². The van der Waals surface area contributed by atoms with E-state index in [0.717, 1.165) is 12.0 Å². The third kappa shape index (κ3) is 6.19. The van der Waals surface area contributed by atoms with E-state index in [0.29, 0.717) is 74.5 Å². The molecule has 4 heterocycles. The second kappa shape index (κ2) is 12.2. The molecule has 3 N–H and O–H groups in total. The lowest BCUT2D eigenvalue weighted by Crippen LogP contribution is -2.40. The van der Waals surface area contributed by atoms with E-state index in [4.69, 9.17) is 9.47 Å². The monoisotopic (exact) mass is 507 g/mol. The minimum absolute atomic E-state index is 0.146. The number of rotatable bonds is 9. The van der Waals surface area contributed by atoms with Gasteiger partial charge in [0.2, 0.25) is 5.91 Å². The third-order valence-corrected chi connectivity index (χ3v) is 6.19. The normalized spacial score (nSPS) is 16.4. The second-order valence-corrected chi connectivity index (χ2v) is 8.68. The van der Waals surface area contributed by atoms with E-state index in [-0.39, 0.29) is 24.0 Å². The molecule has 2 aliphatic rings. The Labute approximate surface area is 214 Å². The number of ether oxygens (including phenoxy) is 2. The van der Waals surface area contributed by atoms with Gasteiger partial charge in [0.25, 0.3) is 0 Å².